The second-order valence-corrected chi connectivity index (χ2v) is 6.16. The van der Waals surface area contributed by atoms with Crippen LogP contribution in [0.25, 0.3) is 11.4 Å². The number of hydrogen-bond acceptors (Lipinski definition) is 4. The van der Waals surface area contributed by atoms with Gasteiger partial charge in [-0.2, -0.15) is 4.98 Å². The van der Waals surface area contributed by atoms with Crippen LogP contribution in [0.3, 0.4) is 0 Å². The third-order valence-electron chi connectivity index (χ3n) is 3.26. The molecule has 112 valence electrons. The number of hydrogen-bond donors (Lipinski definition) is 0. The van der Waals surface area contributed by atoms with Gasteiger partial charge in [0.05, 0.1) is 7.11 Å². The minimum atomic E-state index is 0.00112. The van der Waals surface area contributed by atoms with Crippen LogP contribution < -0.4 is 4.74 Å². The standard InChI is InChI=1S/C17H23N3O/c1-6-7-13-11-15(21-5)20-16(19-13)12-8-9-18-14(10-12)17(2,3)4/h8-11H,6-7H2,1-5H3. The van der Waals surface area contributed by atoms with E-state index in [9.17, 15) is 0 Å². The second-order valence-electron chi connectivity index (χ2n) is 6.16. The maximum absolute atomic E-state index is 5.29. The van der Waals surface area contributed by atoms with Crippen molar-refractivity contribution in [1.29, 1.82) is 0 Å². The first-order chi connectivity index (χ1) is 9.94. The summed E-state index contributed by atoms with van der Waals surface area (Å²) in [5, 5.41) is 0. The van der Waals surface area contributed by atoms with Crippen LogP contribution in [0, 0.1) is 0 Å². The summed E-state index contributed by atoms with van der Waals surface area (Å²) in [6, 6.07) is 5.91. The molecule has 0 aliphatic carbocycles. The third-order valence-corrected chi connectivity index (χ3v) is 3.26. The SMILES string of the molecule is CCCc1cc(OC)nc(-c2ccnc(C(C)(C)C)c2)n1. The maximum atomic E-state index is 5.29. The highest BCUT2D eigenvalue weighted by Crippen LogP contribution is 2.25. The van der Waals surface area contributed by atoms with E-state index in [1.807, 2.05) is 18.3 Å². The Morgan fingerprint density at radius 2 is 1.90 bits per heavy atom. The fourth-order valence-corrected chi connectivity index (χ4v) is 2.07. The Morgan fingerprint density at radius 3 is 2.52 bits per heavy atom. The molecule has 21 heavy (non-hydrogen) atoms. The zero-order valence-electron chi connectivity index (χ0n) is 13.5. The van der Waals surface area contributed by atoms with Gasteiger partial charge in [-0.05, 0) is 18.6 Å². The molecule has 4 heteroatoms. The highest BCUT2D eigenvalue weighted by Gasteiger charge is 2.17. The summed E-state index contributed by atoms with van der Waals surface area (Å²) in [5.41, 5.74) is 3.02. The Bertz CT molecular complexity index is 618. The van der Waals surface area contributed by atoms with Crippen molar-refractivity contribution in [3.05, 3.63) is 35.8 Å². The number of pyridine rings is 1. The monoisotopic (exact) mass is 285 g/mol. The minimum Gasteiger partial charge on any atom is -0.481 e. The average molecular weight is 285 g/mol. The molecule has 0 aliphatic rings. The number of aryl methyl sites for hydroxylation is 1. The lowest BCUT2D eigenvalue weighted by molar-refractivity contribution is 0.396. The van der Waals surface area contributed by atoms with E-state index in [4.69, 9.17) is 4.74 Å². The van der Waals surface area contributed by atoms with Crippen molar-refractivity contribution in [2.45, 2.75) is 46.0 Å². The summed E-state index contributed by atoms with van der Waals surface area (Å²) in [7, 11) is 1.63. The summed E-state index contributed by atoms with van der Waals surface area (Å²) in [6.45, 7) is 8.58. The number of methoxy groups -OCH3 is 1. The summed E-state index contributed by atoms with van der Waals surface area (Å²) in [6.07, 6.45) is 3.78. The van der Waals surface area contributed by atoms with E-state index < -0.39 is 0 Å². The molecule has 0 saturated carbocycles. The summed E-state index contributed by atoms with van der Waals surface area (Å²) >= 11 is 0. The van der Waals surface area contributed by atoms with Crippen LogP contribution in [0.5, 0.6) is 5.88 Å². The summed E-state index contributed by atoms with van der Waals surface area (Å²) < 4.78 is 5.29. The Kier molecular flexibility index (Phi) is 4.56. The largest absolute Gasteiger partial charge is 0.481 e. The molecule has 2 heterocycles. The van der Waals surface area contributed by atoms with Crippen molar-refractivity contribution in [2.75, 3.05) is 7.11 Å². The van der Waals surface area contributed by atoms with Crippen molar-refractivity contribution in [1.82, 2.24) is 15.0 Å². The van der Waals surface area contributed by atoms with Gasteiger partial charge in [0.25, 0.3) is 0 Å². The summed E-state index contributed by atoms with van der Waals surface area (Å²) in [5.74, 6) is 1.31. The van der Waals surface area contributed by atoms with Crippen LogP contribution in [-0.2, 0) is 11.8 Å². The van der Waals surface area contributed by atoms with Crippen molar-refractivity contribution >= 4 is 0 Å². The van der Waals surface area contributed by atoms with Crippen LogP contribution >= 0.6 is 0 Å². The van der Waals surface area contributed by atoms with Crippen LogP contribution in [0.15, 0.2) is 24.4 Å². The molecular weight excluding hydrogens is 262 g/mol. The number of nitrogens with zero attached hydrogens (tertiary/aromatic N) is 3. The van der Waals surface area contributed by atoms with Crippen LogP contribution in [0.2, 0.25) is 0 Å². The molecule has 0 saturated heterocycles. The van der Waals surface area contributed by atoms with E-state index in [2.05, 4.69) is 48.7 Å². The summed E-state index contributed by atoms with van der Waals surface area (Å²) in [4.78, 5) is 13.6. The van der Waals surface area contributed by atoms with Crippen LogP contribution in [0.1, 0.15) is 45.5 Å². The van der Waals surface area contributed by atoms with E-state index in [0.717, 1.165) is 29.8 Å². The Balaban J connectivity index is 2.48. The van der Waals surface area contributed by atoms with Gasteiger partial charge in [-0.1, -0.05) is 34.1 Å². The number of aromatic nitrogens is 3. The van der Waals surface area contributed by atoms with E-state index in [0.29, 0.717) is 11.7 Å². The molecule has 0 spiro atoms. The normalized spacial score (nSPS) is 11.5. The van der Waals surface area contributed by atoms with Gasteiger partial charge in [0.15, 0.2) is 5.82 Å². The number of ether oxygens (including phenoxy) is 1. The molecule has 4 nitrogen and oxygen atoms in total. The molecule has 0 aliphatic heterocycles. The first-order valence-corrected chi connectivity index (χ1v) is 7.33. The van der Waals surface area contributed by atoms with Crippen molar-refractivity contribution < 1.29 is 4.74 Å². The zero-order valence-corrected chi connectivity index (χ0v) is 13.5. The third kappa shape index (κ3) is 3.78. The number of rotatable bonds is 4. The topological polar surface area (TPSA) is 47.9 Å². The van der Waals surface area contributed by atoms with Gasteiger partial charge in [0, 0.05) is 34.6 Å². The van der Waals surface area contributed by atoms with Gasteiger partial charge in [0.2, 0.25) is 5.88 Å². The van der Waals surface area contributed by atoms with E-state index in [1.54, 1.807) is 7.11 Å². The molecule has 0 N–H and O–H groups in total. The second kappa shape index (κ2) is 6.20. The molecule has 0 bridgehead atoms. The quantitative estimate of drug-likeness (QED) is 0.857. The Labute approximate surface area is 126 Å². The van der Waals surface area contributed by atoms with Crippen LogP contribution in [-0.4, -0.2) is 22.1 Å². The van der Waals surface area contributed by atoms with Gasteiger partial charge >= 0.3 is 0 Å². The Morgan fingerprint density at radius 1 is 1.14 bits per heavy atom. The molecular formula is C17H23N3O. The maximum Gasteiger partial charge on any atom is 0.216 e. The molecule has 2 aromatic rings. The van der Waals surface area contributed by atoms with Gasteiger partial charge < -0.3 is 4.74 Å². The molecule has 0 atom stereocenters. The Hall–Kier alpha value is -1.97. The van der Waals surface area contributed by atoms with Gasteiger partial charge in [-0.15, -0.1) is 0 Å². The molecule has 0 amide bonds. The highest BCUT2D eigenvalue weighted by atomic mass is 16.5. The van der Waals surface area contributed by atoms with Gasteiger partial charge in [0.1, 0.15) is 0 Å². The lowest BCUT2D eigenvalue weighted by Crippen LogP contribution is -2.13. The van der Waals surface area contributed by atoms with Gasteiger partial charge in [-0.25, -0.2) is 4.98 Å². The minimum absolute atomic E-state index is 0.00112. The lowest BCUT2D eigenvalue weighted by Gasteiger charge is -2.18. The van der Waals surface area contributed by atoms with E-state index in [-0.39, 0.29) is 5.41 Å². The molecule has 0 unspecified atom stereocenters. The molecule has 2 rings (SSSR count). The van der Waals surface area contributed by atoms with Gasteiger partial charge in [-0.3, -0.25) is 4.98 Å². The first-order valence-electron chi connectivity index (χ1n) is 7.33. The average Bonchev–Trinajstić information content (AvgIpc) is 2.46. The molecule has 0 aromatic carbocycles. The van der Waals surface area contributed by atoms with Crippen molar-refractivity contribution in [3.8, 4) is 17.3 Å². The molecule has 0 fully saturated rings. The zero-order chi connectivity index (χ0) is 15.5. The molecule has 0 radical (unpaired) electrons. The smallest absolute Gasteiger partial charge is 0.216 e. The predicted molar refractivity (Wildman–Crippen MR) is 84.5 cm³/mol. The van der Waals surface area contributed by atoms with Crippen molar-refractivity contribution in [2.24, 2.45) is 0 Å². The lowest BCUT2D eigenvalue weighted by atomic mass is 9.91. The fourth-order valence-electron chi connectivity index (χ4n) is 2.07. The predicted octanol–water partition coefficient (Wildman–Crippen LogP) is 3.80. The fraction of sp³-hybridized carbons (Fsp3) is 0.471. The van der Waals surface area contributed by atoms with Crippen LogP contribution in [0.4, 0.5) is 0 Å². The van der Waals surface area contributed by atoms with Crippen molar-refractivity contribution in [3.63, 3.8) is 0 Å². The van der Waals surface area contributed by atoms with E-state index in [1.165, 1.54) is 0 Å². The molecule has 2 aromatic heterocycles. The van der Waals surface area contributed by atoms with E-state index >= 15 is 0 Å². The highest BCUT2D eigenvalue weighted by molar-refractivity contribution is 5.56. The first kappa shape index (κ1) is 15.4.